The number of thiazole rings is 1. The molecule has 0 bridgehead atoms. The molecule has 0 saturated carbocycles. The summed E-state index contributed by atoms with van der Waals surface area (Å²) in [5, 5.41) is 22.9. The standard InChI is InChI=1S/C11H15N3O4S/c15-7-2-1-3-14(5-7)11(18)12-4-9-13-8(6-19-9)10(16)17/h6-7,15H,1-5H2,(H,12,18)(H,16,17). The predicted molar refractivity (Wildman–Crippen MR) is 68.1 cm³/mol. The third-order valence-electron chi connectivity index (χ3n) is 2.85. The number of carbonyl (C=O) groups excluding carboxylic acids is 1. The first kappa shape index (κ1) is 13.8. The molecular weight excluding hydrogens is 270 g/mol. The number of hydrogen-bond donors (Lipinski definition) is 3. The van der Waals surface area contributed by atoms with E-state index in [0.29, 0.717) is 18.1 Å². The van der Waals surface area contributed by atoms with Crippen molar-refractivity contribution in [2.75, 3.05) is 13.1 Å². The second kappa shape index (κ2) is 5.98. The minimum absolute atomic E-state index is 0.0114. The van der Waals surface area contributed by atoms with Crippen molar-refractivity contribution in [1.82, 2.24) is 15.2 Å². The molecule has 0 spiro atoms. The highest BCUT2D eigenvalue weighted by Crippen LogP contribution is 2.11. The number of aliphatic hydroxyl groups excluding tert-OH is 1. The SMILES string of the molecule is O=C(O)c1csc(CNC(=O)N2CCCC(O)C2)n1. The maximum absolute atomic E-state index is 11.8. The lowest BCUT2D eigenvalue weighted by molar-refractivity contribution is 0.0691. The van der Waals surface area contributed by atoms with Crippen LogP contribution < -0.4 is 5.32 Å². The van der Waals surface area contributed by atoms with E-state index in [1.54, 1.807) is 4.90 Å². The second-order valence-corrected chi connectivity index (χ2v) is 5.28. The molecule has 0 aliphatic carbocycles. The molecule has 1 aromatic rings. The van der Waals surface area contributed by atoms with Gasteiger partial charge in [0.2, 0.25) is 0 Å². The van der Waals surface area contributed by atoms with E-state index in [9.17, 15) is 14.7 Å². The van der Waals surface area contributed by atoms with Crippen LogP contribution in [0.4, 0.5) is 4.79 Å². The van der Waals surface area contributed by atoms with Crippen molar-refractivity contribution in [2.45, 2.75) is 25.5 Å². The van der Waals surface area contributed by atoms with Crippen molar-refractivity contribution in [1.29, 1.82) is 0 Å². The van der Waals surface area contributed by atoms with Crippen molar-refractivity contribution in [3.8, 4) is 0 Å². The van der Waals surface area contributed by atoms with Crippen molar-refractivity contribution >= 4 is 23.3 Å². The topological polar surface area (TPSA) is 103 Å². The number of aromatic carboxylic acids is 1. The van der Waals surface area contributed by atoms with Crippen LogP contribution in [0.25, 0.3) is 0 Å². The molecule has 2 heterocycles. The van der Waals surface area contributed by atoms with Gasteiger partial charge in [-0.05, 0) is 12.8 Å². The van der Waals surface area contributed by atoms with E-state index in [1.165, 1.54) is 16.7 Å². The summed E-state index contributed by atoms with van der Waals surface area (Å²) in [5.74, 6) is -1.08. The highest BCUT2D eigenvalue weighted by Gasteiger charge is 2.21. The Bertz CT molecular complexity index is 476. The van der Waals surface area contributed by atoms with Gasteiger partial charge in [-0.2, -0.15) is 0 Å². The van der Waals surface area contributed by atoms with Gasteiger partial charge in [0.25, 0.3) is 0 Å². The summed E-state index contributed by atoms with van der Waals surface area (Å²) in [6.07, 6.45) is 1.05. The molecule has 1 fully saturated rings. The van der Waals surface area contributed by atoms with E-state index in [-0.39, 0.29) is 18.3 Å². The zero-order chi connectivity index (χ0) is 13.8. The molecule has 0 radical (unpaired) electrons. The van der Waals surface area contributed by atoms with Gasteiger partial charge in [0.15, 0.2) is 5.69 Å². The Kier molecular flexibility index (Phi) is 4.33. The number of carboxylic acids is 1. The highest BCUT2D eigenvalue weighted by molar-refractivity contribution is 7.09. The van der Waals surface area contributed by atoms with Crippen LogP contribution in [0.3, 0.4) is 0 Å². The number of nitrogens with zero attached hydrogens (tertiary/aromatic N) is 2. The first-order valence-electron chi connectivity index (χ1n) is 5.95. The third-order valence-corrected chi connectivity index (χ3v) is 3.69. The number of β-amino-alcohol motifs (C(OH)–C–C–N with tert-alkyl or cyclic N) is 1. The zero-order valence-electron chi connectivity index (χ0n) is 10.2. The van der Waals surface area contributed by atoms with Crippen LogP contribution in [0.1, 0.15) is 28.3 Å². The van der Waals surface area contributed by atoms with Crippen LogP contribution in [0.2, 0.25) is 0 Å². The van der Waals surface area contributed by atoms with Gasteiger partial charge in [-0.15, -0.1) is 11.3 Å². The lowest BCUT2D eigenvalue weighted by Crippen LogP contribution is -2.46. The minimum atomic E-state index is -1.08. The van der Waals surface area contributed by atoms with Crippen molar-refractivity contribution in [3.05, 3.63) is 16.1 Å². The first-order chi connectivity index (χ1) is 9.06. The highest BCUT2D eigenvalue weighted by atomic mass is 32.1. The van der Waals surface area contributed by atoms with E-state index in [0.717, 1.165) is 12.8 Å². The van der Waals surface area contributed by atoms with Crippen molar-refractivity contribution in [2.24, 2.45) is 0 Å². The molecule has 2 rings (SSSR count). The number of carbonyl (C=O) groups is 2. The Labute approximate surface area is 113 Å². The summed E-state index contributed by atoms with van der Waals surface area (Å²) in [6.45, 7) is 1.16. The molecule has 7 nitrogen and oxygen atoms in total. The number of urea groups is 1. The Morgan fingerprint density at radius 2 is 2.37 bits per heavy atom. The summed E-state index contributed by atoms with van der Waals surface area (Å²) < 4.78 is 0. The average Bonchev–Trinajstić information content (AvgIpc) is 2.85. The molecule has 19 heavy (non-hydrogen) atoms. The number of nitrogens with one attached hydrogen (secondary N) is 1. The average molecular weight is 285 g/mol. The number of carboxylic acid groups (broad SMARTS) is 1. The Morgan fingerprint density at radius 1 is 1.58 bits per heavy atom. The number of rotatable bonds is 3. The molecule has 1 saturated heterocycles. The van der Waals surface area contributed by atoms with E-state index < -0.39 is 12.1 Å². The molecule has 104 valence electrons. The van der Waals surface area contributed by atoms with Crippen LogP contribution in [0.5, 0.6) is 0 Å². The summed E-state index contributed by atoms with van der Waals surface area (Å²) in [7, 11) is 0. The Hall–Kier alpha value is -1.67. The van der Waals surface area contributed by atoms with Gasteiger partial charge in [0.05, 0.1) is 12.6 Å². The minimum Gasteiger partial charge on any atom is -0.476 e. The van der Waals surface area contributed by atoms with E-state index >= 15 is 0 Å². The smallest absolute Gasteiger partial charge is 0.355 e. The quantitative estimate of drug-likeness (QED) is 0.750. The fourth-order valence-corrected chi connectivity index (χ4v) is 2.60. The monoisotopic (exact) mass is 285 g/mol. The molecule has 1 aliphatic heterocycles. The first-order valence-corrected chi connectivity index (χ1v) is 6.83. The third kappa shape index (κ3) is 3.65. The molecule has 0 aromatic carbocycles. The summed E-state index contributed by atoms with van der Waals surface area (Å²) in [4.78, 5) is 27.9. The number of amides is 2. The van der Waals surface area contributed by atoms with Crippen LogP contribution in [0.15, 0.2) is 5.38 Å². The van der Waals surface area contributed by atoms with Gasteiger partial charge in [-0.1, -0.05) is 0 Å². The number of aliphatic hydroxyl groups is 1. The zero-order valence-corrected chi connectivity index (χ0v) is 11.0. The second-order valence-electron chi connectivity index (χ2n) is 4.33. The van der Waals surface area contributed by atoms with Crippen LogP contribution in [-0.2, 0) is 6.54 Å². The van der Waals surface area contributed by atoms with Gasteiger partial charge in [0.1, 0.15) is 5.01 Å². The van der Waals surface area contributed by atoms with Gasteiger partial charge in [-0.3, -0.25) is 0 Å². The molecule has 1 aromatic heterocycles. The summed E-state index contributed by atoms with van der Waals surface area (Å²) in [5.41, 5.74) is -0.0114. The fraction of sp³-hybridized carbons (Fsp3) is 0.545. The number of aromatic nitrogens is 1. The van der Waals surface area contributed by atoms with Crippen molar-refractivity contribution < 1.29 is 19.8 Å². The van der Waals surface area contributed by atoms with Crippen LogP contribution in [-0.4, -0.2) is 51.3 Å². The number of piperidine rings is 1. The van der Waals surface area contributed by atoms with Crippen LogP contribution in [0, 0.1) is 0 Å². The van der Waals surface area contributed by atoms with Crippen LogP contribution >= 0.6 is 11.3 Å². The van der Waals surface area contributed by atoms with Gasteiger partial charge in [0, 0.05) is 18.5 Å². The normalized spacial score (nSPS) is 19.2. The van der Waals surface area contributed by atoms with Gasteiger partial charge in [-0.25, -0.2) is 14.6 Å². The van der Waals surface area contributed by atoms with E-state index in [4.69, 9.17) is 5.11 Å². The number of hydrogen-bond acceptors (Lipinski definition) is 5. The lowest BCUT2D eigenvalue weighted by Gasteiger charge is -2.29. The molecule has 1 unspecified atom stereocenters. The predicted octanol–water partition coefficient (Wildman–Crippen LogP) is 0.508. The van der Waals surface area contributed by atoms with Gasteiger partial charge < -0.3 is 20.4 Å². The molecule has 1 atom stereocenters. The number of likely N-dealkylation sites (tertiary alicyclic amines) is 1. The van der Waals surface area contributed by atoms with E-state index in [1.807, 2.05) is 0 Å². The molecule has 8 heteroatoms. The molecule has 1 aliphatic rings. The molecular formula is C11H15N3O4S. The largest absolute Gasteiger partial charge is 0.476 e. The summed E-state index contributed by atoms with van der Waals surface area (Å²) in [6, 6.07) is -0.258. The maximum atomic E-state index is 11.8. The van der Waals surface area contributed by atoms with Gasteiger partial charge >= 0.3 is 12.0 Å². The Balaban J connectivity index is 1.84. The van der Waals surface area contributed by atoms with E-state index in [2.05, 4.69) is 10.3 Å². The molecule has 2 amide bonds. The maximum Gasteiger partial charge on any atom is 0.355 e. The Morgan fingerprint density at radius 3 is 3.00 bits per heavy atom. The lowest BCUT2D eigenvalue weighted by atomic mass is 10.1. The fourth-order valence-electron chi connectivity index (χ4n) is 1.89. The summed E-state index contributed by atoms with van der Waals surface area (Å²) >= 11 is 1.19. The van der Waals surface area contributed by atoms with Crippen molar-refractivity contribution in [3.63, 3.8) is 0 Å². The molecule has 3 N–H and O–H groups in total.